The van der Waals surface area contributed by atoms with Gasteiger partial charge in [-0.2, -0.15) is 0 Å². The largest absolute Gasteiger partial charge is 0.508 e. The molecule has 1 fully saturated rings. The summed E-state index contributed by atoms with van der Waals surface area (Å²) in [6, 6.07) is 5.70. The minimum absolute atomic E-state index is 0.0393. The predicted molar refractivity (Wildman–Crippen MR) is 115 cm³/mol. The lowest BCUT2D eigenvalue weighted by molar-refractivity contribution is -0.147. The van der Waals surface area contributed by atoms with Crippen LogP contribution >= 0.6 is 0 Å². The highest BCUT2D eigenvalue weighted by molar-refractivity contribution is 5.78. The molecular weight excluding hydrogens is 402 g/mol. The Morgan fingerprint density at radius 1 is 1.00 bits per heavy atom. The number of methoxy groups -OCH3 is 2. The van der Waals surface area contributed by atoms with E-state index in [0.29, 0.717) is 26.2 Å². The van der Waals surface area contributed by atoms with E-state index in [1.807, 2.05) is 9.80 Å². The summed E-state index contributed by atoms with van der Waals surface area (Å²) in [5.74, 6) is -0.637. The number of carbonyl (C=O) groups is 3. The van der Waals surface area contributed by atoms with E-state index in [1.165, 1.54) is 21.1 Å². The first-order valence-corrected chi connectivity index (χ1v) is 10.3. The second-order valence-electron chi connectivity index (χ2n) is 8.02. The van der Waals surface area contributed by atoms with Gasteiger partial charge < -0.3 is 14.6 Å². The van der Waals surface area contributed by atoms with Crippen LogP contribution in [0, 0.1) is 0 Å². The van der Waals surface area contributed by atoms with Crippen molar-refractivity contribution in [3.63, 3.8) is 0 Å². The molecule has 1 aliphatic rings. The van der Waals surface area contributed by atoms with Gasteiger partial charge >= 0.3 is 11.9 Å². The van der Waals surface area contributed by atoms with E-state index in [-0.39, 0.29) is 30.0 Å². The number of benzene rings is 1. The van der Waals surface area contributed by atoms with Crippen LogP contribution in [0.1, 0.15) is 26.3 Å². The van der Waals surface area contributed by atoms with E-state index in [1.54, 1.807) is 38.1 Å². The number of ketones is 1. The van der Waals surface area contributed by atoms with Crippen molar-refractivity contribution in [1.29, 1.82) is 0 Å². The molecule has 172 valence electrons. The molecule has 1 aliphatic heterocycles. The Morgan fingerprint density at radius 3 is 1.84 bits per heavy atom. The lowest BCUT2D eigenvalue weighted by atomic mass is 9.87. The molecule has 1 unspecified atom stereocenters. The molecule has 1 heterocycles. The molecule has 0 spiro atoms. The normalized spacial score (nSPS) is 22.2. The SMILES string of the molecule is COC(=O)[C@@H](C)N1CCN([C@@H](C)C(=O)OC)CC(NCC(C)=O)(c2ccc(O)cc2)C1. The maximum absolute atomic E-state index is 12.3. The fourth-order valence-electron chi connectivity index (χ4n) is 3.93. The number of Topliss-reactive ketones (excluding diaryl/α,β-unsaturated/α-hetero) is 1. The van der Waals surface area contributed by atoms with Gasteiger partial charge in [-0.3, -0.25) is 29.5 Å². The van der Waals surface area contributed by atoms with Crippen LogP contribution < -0.4 is 5.32 Å². The third-order valence-electron chi connectivity index (χ3n) is 5.90. The van der Waals surface area contributed by atoms with Gasteiger partial charge in [0.25, 0.3) is 0 Å². The molecule has 0 radical (unpaired) electrons. The fourth-order valence-corrected chi connectivity index (χ4v) is 3.93. The number of nitrogens with one attached hydrogen (secondary N) is 1. The van der Waals surface area contributed by atoms with Crippen molar-refractivity contribution in [2.45, 2.75) is 38.4 Å². The maximum atomic E-state index is 12.3. The van der Waals surface area contributed by atoms with Gasteiger partial charge in [-0.1, -0.05) is 12.1 Å². The summed E-state index contributed by atoms with van der Waals surface area (Å²) in [6.45, 7) is 6.98. The standard InChI is InChI=1S/C22H33N3O6/c1-15(26)12-23-22(18-6-8-19(27)9-7-18)13-24(16(2)20(28)30-4)10-11-25(14-22)17(3)21(29)31-5/h6-9,16-17,23,27H,10-14H2,1-5H3/t16-,17+,22?. The zero-order valence-electron chi connectivity index (χ0n) is 18.9. The van der Waals surface area contributed by atoms with Crippen molar-refractivity contribution < 1.29 is 29.0 Å². The summed E-state index contributed by atoms with van der Waals surface area (Å²) in [5.41, 5.74) is 0.0399. The Bertz CT molecular complexity index is 750. The van der Waals surface area contributed by atoms with Crippen molar-refractivity contribution in [1.82, 2.24) is 15.1 Å². The Kier molecular flexibility index (Phi) is 8.55. The van der Waals surface area contributed by atoms with Crippen LogP contribution in [-0.2, 0) is 29.4 Å². The number of aromatic hydroxyl groups is 1. The van der Waals surface area contributed by atoms with Gasteiger partial charge in [-0.05, 0) is 38.5 Å². The van der Waals surface area contributed by atoms with Crippen LogP contribution in [0.15, 0.2) is 24.3 Å². The van der Waals surface area contributed by atoms with Gasteiger partial charge in [0.1, 0.15) is 23.6 Å². The first-order valence-electron chi connectivity index (χ1n) is 10.3. The monoisotopic (exact) mass is 435 g/mol. The van der Waals surface area contributed by atoms with E-state index < -0.39 is 17.6 Å². The molecule has 0 aromatic heterocycles. The fraction of sp³-hybridized carbons (Fsp3) is 0.591. The molecule has 0 amide bonds. The summed E-state index contributed by atoms with van der Waals surface area (Å²) in [4.78, 5) is 40.4. The van der Waals surface area contributed by atoms with Gasteiger partial charge in [0.05, 0.1) is 26.3 Å². The second kappa shape index (κ2) is 10.7. The van der Waals surface area contributed by atoms with Crippen LogP contribution in [-0.4, -0.2) is 91.7 Å². The van der Waals surface area contributed by atoms with Crippen LogP contribution in [0.3, 0.4) is 0 Å². The number of phenols is 1. The highest BCUT2D eigenvalue weighted by atomic mass is 16.5. The molecular formula is C22H33N3O6. The van der Waals surface area contributed by atoms with E-state index in [0.717, 1.165) is 5.56 Å². The zero-order valence-corrected chi connectivity index (χ0v) is 18.9. The summed E-state index contributed by atoms with van der Waals surface area (Å²) in [7, 11) is 2.70. The smallest absolute Gasteiger partial charge is 0.322 e. The topological polar surface area (TPSA) is 108 Å². The molecule has 2 rings (SSSR count). The summed E-state index contributed by atoms with van der Waals surface area (Å²) in [5, 5.41) is 13.2. The van der Waals surface area contributed by atoms with Crippen LogP contribution in [0.25, 0.3) is 0 Å². The predicted octanol–water partition coefficient (Wildman–Crippen LogP) is 0.507. The summed E-state index contributed by atoms with van der Waals surface area (Å²) >= 11 is 0. The molecule has 3 atom stereocenters. The zero-order chi connectivity index (χ0) is 23.2. The minimum Gasteiger partial charge on any atom is -0.508 e. The van der Waals surface area contributed by atoms with Crippen LogP contribution in [0.2, 0.25) is 0 Å². The van der Waals surface area contributed by atoms with Crippen molar-refractivity contribution in [2.75, 3.05) is 46.9 Å². The lowest BCUT2D eigenvalue weighted by Crippen LogP contribution is -2.58. The average Bonchev–Trinajstić information content (AvgIpc) is 2.97. The molecule has 9 nitrogen and oxygen atoms in total. The highest BCUT2D eigenvalue weighted by Crippen LogP contribution is 2.30. The number of esters is 2. The molecule has 9 heteroatoms. The Balaban J connectivity index is 2.54. The van der Waals surface area contributed by atoms with Gasteiger partial charge in [-0.15, -0.1) is 0 Å². The highest BCUT2D eigenvalue weighted by Gasteiger charge is 2.42. The van der Waals surface area contributed by atoms with Crippen molar-refractivity contribution in [2.24, 2.45) is 0 Å². The number of hydrogen-bond acceptors (Lipinski definition) is 9. The van der Waals surface area contributed by atoms with E-state index in [4.69, 9.17) is 9.47 Å². The number of carbonyl (C=O) groups excluding carboxylic acids is 3. The second-order valence-corrected chi connectivity index (χ2v) is 8.02. The third kappa shape index (κ3) is 6.03. The van der Waals surface area contributed by atoms with Crippen LogP contribution in [0.5, 0.6) is 5.75 Å². The van der Waals surface area contributed by atoms with Crippen molar-refractivity contribution >= 4 is 17.7 Å². The number of ether oxygens (including phenoxy) is 2. The van der Waals surface area contributed by atoms with Crippen molar-refractivity contribution in [3.05, 3.63) is 29.8 Å². The summed E-state index contributed by atoms with van der Waals surface area (Å²) < 4.78 is 9.90. The van der Waals surface area contributed by atoms with Gasteiger partial charge in [-0.25, -0.2) is 0 Å². The molecule has 0 aliphatic carbocycles. The Morgan fingerprint density at radius 2 is 1.45 bits per heavy atom. The number of rotatable bonds is 8. The van der Waals surface area contributed by atoms with Gasteiger partial charge in [0.15, 0.2) is 0 Å². The molecule has 1 aromatic carbocycles. The Labute approximate surface area is 183 Å². The molecule has 0 saturated carbocycles. The lowest BCUT2D eigenvalue weighted by Gasteiger charge is -2.41. The van der Waals surface area contributed by atoms with Gasteiger partial charge in [0, 0.05) is 26.2 Å². The Hall–Kier alpha value is -2.49. The quantitative estimate of drug-likeness (QED) is 0.565. The first-order chi connectivity index (χ1) is 14.6. The molecule has 2 N–H and O–H groups in total. The average molecular weight is 436 g/mol. The molecule has 31 heavy (non-hydrogen) atoms. The number of hydrogen-bond donors (Lipinski definition) is 2. The van der Waals surface area contributed by atoms with Crippen LogP contribution in [0.4, 0.5) is 0 Å². The van der Waals surface area contributed by atoms with E-state index >= 15 is 0 Å². The molecule has 1 saturated heterocycles. The molecule has 1 aromatic rings. The minimum atomic E-state index is -0.791. The first kappa shape index (κ1) is 24.8. The van der Waals surface area contributed by atoms with Gasteiger partial charge in [0.2, 0.25) is 0 Å². The third-order valence-corrected chi connectivity index (χ3v) is 5.90. The summed E-state index contributed by atoms with van der Waals surface area (Å²) in [6.07, 6.45) is 0. The number of nitrogens with zero attached hydrogens (tertiary/aromatic N) is 2. The van der Waals surface area contributed by atoms with Crippen molar-refractivity contribution in [3.8, 4) is 5.75 Å². The number of phenolic OH excluding ortho intramolecular Hbond substituents is 1. The maximum Gasteiger partial charge on any atom is 0.322 e. The van der Waals surface area contributed by atoms with E-state index in [9.17, 15) is 19.5 Å². The van der Waals surface area contributed by atoms with E-state index in [2.05, 4.69) is 5.32 Å². The molecule has 0 bridgehead atoms.